The molecule has 0 radical (unpaired) electrons. The first-order valence-corrected chi connectivity index (χ1v) is 12.0. The third-order valence-corrected chi connectivity index (χ3v) is 7.85. The number of benzene rings is 1. The lowest BCUT2D eigenvalue weighted by atomic mass is 9.78. The van der Waals surface area contributed by atoms with Gasteiger partial charge in [-0.25, -0.2) is 8.78 Å². The van der Waals surface area contributed by atoms with E-state index in [0.29, 0.717) is 50.7 Å². The Balaban J connectivity index is 1.24. The van der Waals surface area contributed by atoms with Gasteiger partial charge < -0.3 is 25.2 Å². The fraction of sp³-hybridized carbons (Fsp3) is 0.542. The van der Waals surface area contributed by atoms with Crippen molar-refractivity contribution in [3.05, 3.63) is 35.9 Å². The second kappa shape index (κ2) is 8.04. The molecule has 0 unspecified atom stereocenters. The summed E-state index contributed by atoms with van der Waals surface area (Å²) < 4.78 is 33.3. The predicted octanol–water partition coefficient (Wildman–Crippen LogP) is 2.87. The predicted molar refractivity (Wildman–Crippen MR) is 124 cm³/mol. The Morgan fingerprint density at radius 1 is 1.06 bits per heavy atom. The van der Waals surface area contributed by atoms with Crippen molar-refractivity contribution in [2.45, 2.75) is 56.2 Å². The lowest BCUT2D eigenvalue weighted by Gasteiger charge is -2.51. The molecule has 4 aliphatic rings. The molecule has 2 bridgehead atoms. The van der Waals surface area contributed by atoms with Gasteiger partial charge in [-0.15, -0.1) is 0 Å². The van der Waals surface area contributed by atoms with Gasteiger partial charge >= 0.3 is 0 Å². The van der Waals surface area contributed by atoms with Crippen LogP contribution < -0.4 is 20.4 Å². The number of hydrogen-bond acceptors (Lipinski definition) is 7. The number of ether oxygens (including phenoxy) is 1. The number of nitrogens with zero attached hydrogens (tertiary/aromatic N) is 5. The van der Waals surface area contributed by atoms with Crippen molar-refractivity contribution in [1.82, 2.24) is 9.97 Å². The molecule has 0 saturated carbocycles. The first-order valence-electron chi connectivity index (χ1n) is 12.0. The number of carbonyl (C=O) groups excluding carboxylic acids is 1. The Kier molecular flexibility index (Phi) is 5.09. The van der Waals surface area contributed by atoms with Crippen LogP contribution in [0.15, 0.2) is 24.3 Å². The van der Waals surface area contributed by atoms with E-state index >= 15 is 0 Å². The van der Waals surface area contributed by atoms with E-state index in [1.165, 1.54) is 6.07 Å². The number of aromatic nitrogens is 2. The summed E-state index contributed by atoms with van der Waals surface area (Å²) >= 11 is 0. The van der Waals surface area contributed by atoms with Gasteiger partial charge in [0.1, 0.15) is 11.6 Å². The van der Waals surface area contributed by atoms with Crippen molar-refractivity contribution in [3.63, 3.8) is 0 Å². The zero-order valence-corrected chi connectivity index (χ0v) is 18.9. The number of rotatable bonds is 3. The average Bonchev–Trinajstić information content (AvgIpc) is 3.45. The van der Waals surface area contributed by atoms with E-state index in [0.717, 1.165) is 49.6 Å². The summed E-state index contributed by atoms with van der Waals surface area (Å²) in [6.07, 6.45) is 4.73. The van der Waals surface area contributed by atoms with Crippen molar-refractivity contribution in [1.29, 1.82) is 0 Å². The van der Waals surface area contributed by atoms with Crippen LogP contribution in [0.1, 0.15) is 38.5 Å². The molecule has 8 nitrogen and oxygen atoms in total. The maximum atomic E-state index is 14.0. The van der Waals surface area contributed by atoms with Crippen LogP contribution in [0.2, 0.25) is 0 Å². The van der Waals surface area contributed by atoms with Crippen molar-refractivity contribution in [2.24, 2.45) is 0 Å². The summed E-state index contributed by atoms with van der Waals surface area (Å²) in [5.41, 5.74) is 6.10. The van der Waals surface area contributed by atoms with E-state index in [-0.39, 0.29) is 18.0 Å². The number of anilines is 4. The number of morpholine rings is 1. The molecule has 10 heteroatoms. The van der Waals surface area contributed by atoms with Crippen LogP contribution in [0.5, 0.6) is 0 Å². The molecule has 1 aromatic carbocycles. The Hall–Kier alpha value is -3.01. The van der Waals surface area contributed by atoms with Gasteiger partial charge in [0.15, 0.2) is 11.6 Å². The highest BCUT2D eigenvalue weighted by Crippen LogP contribution is 2.42. The van der Waals surface area contributed by atoms with Crippen LogP contribution in [0.3, 0.4) is 0 Å². The molecule has 2 aromatic rings. The number of fused-ring (bicyclic) bond motifs is 2. The van der Waals surface area contributed by atoms with Gasteiger partial charge in [-0.1, -0.05) is 0 Å². The van der Waals surface area contributed by atoms with Crippen molar-refractivity contribution in [2.75, 3.05) is 46.7 Å². The molecule has 1 spiro atoms. The van der Waals surface area contributed by atoms with Crippen LogP contribution >= 0.6 is 0 Å². The number of halogens is 2. The number of piperidine rings is 2. The minimum atomic E-state index is -0.937. The molecule has 180 valence electrons. The molecular formula is C24H28F2N6O2. The molecule has 6 rings (SSSR count). The fourth-order valence-electron chi connectivity index (χ4n) is 6.15. The molecule has 1 aromatic heterocycles. The largest absolute Gasteiger partial charge is 0.374 e. The molecule has 4 fully saturated rings. The third-order valence-electron chi connectivity index (χ3n) is 7.85. The molecule has 4 aliphatic heterocycles. The highest BCUT2D eigenvalue weighted by Gasteiger charge is 2.46. The zero-order valence-electron chi connectivity index (χ0n) is 18.9. The highest BCUT2D eigenvalue weighted by atomic mass is 19.2. The highest BCUT2D eigenvalue weighted by molar-refractivity contribution is 5.95. The Morgan fingerprint density at radius 3 is 2.56 bits per heavy atom. The first-order chi connectivity index (χ1) is 16.4. The van der Waals surface area contributed by atoms with E-state index < -0.39 is 17.2 Å². The second-order valence-corrected chi connectivity index (χ2v) is 9.83. The fourth-order valence-corrected chi connectivity index (χ4v) is 6.15. The van der Waals surface area contributed by atoms with E-state index in [9.17, 15) is 13.6 Å². The summed E-state index contributed by atoms with van der Waals surface area (Å²) in [6, 6.07) is 6.05. The van der Waals surface area contributed by atoms with Crippen molar-refractivity contribution in [3.8, 4) is 0 Å². The molecule has 0 aliphatic carbocycles. The van der Waals surface area contributed by atoms with Crippen LogP contribution in [0.4, 0.5) is 32.1 Å². The van der Waals surface area contributed by atoms with E-state index in [4.69, 9.17) is 10.5 Å². The van der Waals surface area contributed by atoms with Gasteiger partial charge in [0.2, 0.25) is 11.9 Å². The number of hydrogen-bond donors (Lipinski definition) is 1. The number of nitrogens with two attached hydrogens (primary N) is 1. The number of carbonyl (C=O) groups is 1. The average molecular weight is 471 g/mol. The molecule has 2 atom stereocenters. The monoisotopic (exact) mass is 470 g/mol. The minimum absolute atomic E-state index is 0.0365. The number of nitrogen functional groups attached to an aromatic ring is 1. The van der Waals surface area contributed by atoms with Crippen LogP contribution in [0, 0.1) is 11.6 Å². The summed E-state index contributed by atoms with van der Waals surface area (Å²) in [4.78, 5) is 28.1. The lowest BCUT2D eigenvalue weighted by Crippen LogP contribution is -2.60. The standard InChI is InChI=1S/C24H28F2N6O2/c25-18-4-3-15(11-19(18)26)32-22(33)2-1-5-24(32)6-8-30(9-7-24)20-12-21(29-23(27)28-20)31-13-17-10-16(31)14-34-17/h3-4,11-12,16-17H,1-2,5-10,13-14H2,(H2,27,28,29)/t16-,17-/m1/s1. The maximum absolute atomic E-state index is 14.0. The molecule has 1 amide bonds. The Labute approximate surface area is 196 Å². The van der Waals surface area contributed by atoms with Crippen LogP contribution in [0.25, 0.3) is 0 Å². The normalized spacial score (nSPS) is 26.1. The molecule has 34 heavy (non-hydrogen) atoms. The van der Waals surface area contributed by atoms with Gasteiger partial charge in [-0.3, -0.25) is 4.79 Å². The zero-order chi connectivity index (χ0) is 23.4. The minimum Gasteiger partial charge on any atom is -0.374 e. The molecule has 2 N–H and O–H groups in total. The van der Waals surface area contributed by atoms with Crippen LogP contribution in [-0.2, 0) is 9.53 Å². The molecular weight excluding hydrogens is 442 g/mol. The van der Waals surface area contributed by atoms with Gasteiger partial charge in [0.25, 0.3) is 0 Å². The van der Waals surface area contributed by atoms with Crippen molar-refractivity contribution >= 4 is 29.2 Å². The summed E-state index contributed by atoms with van der Waals surface area (Å²) in [7, 11) is 0. The van der Waals surface area contributed by atoms with Crippen molar-refractivity contribution < 1.29 is 18.3 Å². The number of amides is 1. The van der Waals surface area contributed by atoms with E-state index in [1.807, 2.05) is 6.07 Å². The molecule has 5 heterocycles. The Morgan fingerprint density at radius 2 is 1.85 bits per heavy atom. The van der Waals surface area contributed by atoms with Crippen LogP contribution in [-0.4, -0.2) is 59.8 Å². The second-order valence-electron chi connectivity index (χ2n) is 9.83. The van der Waals surface area contributed by atoms with Gasteiger partial charge in [-0.2, -0.15) is 9.97 Å². The topological polar surface area (TPSA) is 87.8 Å². The smallest absolute Gasteiger partial charge is 0.227 e. The van der Waals surface area contributed by atoms with E-state index in [2.05, 4.69) is 19.8 Å². The first kappa shape index (κ1) is 21.5. The summed E-state index contributed by atoms with van der Waals surface area (Å²) in [5, 5.41) is 0. The van der Waals surface area contributed by atoms with E-state index in [1.54, 1.807) is 4.90 Å². The quantitative estimate of drug-likeness (QED) is 0.738. The Bertz CT molecular complexity index is 1120. The van der Waals surface area contributed by atoms with Gasteiger partial charge in [0, 0.05) is 43.9 Å². The van der Waals surface area contributed by atoms with Gasteiger partial charge in [-0.05, 0) is 44.2 Å². The third kappa shape index (κ3) is 3.55. The van der Waals surface area contributed by atoms with Gasteiger partial charge in [0.05, 0.1) is 24.3 Å². The SMILES string of the molecule is Nc1nc(N2CCC3(CCCC(=O)N3c3ccc(F)c(F)c3)CC2)cc(N2C[C@H]3C[C@@H]2CO3)n1. The molecule has 4 saturated heterocycles. The lowest BCUT2D eigenvalue weighted by molar-refractivity contribution is -0.121. The summed E-state index contributed by atoms with van der Waals surface area (Å²) in [6.45, 7) is 2.88. The summed E-state index contributed by atoms with van der Waals surface area (Å²) in [5.74, 6) is -0.0313. The maximum Gasteiger partial charge on any atom is 0.227 e.